The fraction of sp³-hybridized carbons (Fsp3) is 0.471. The van der Waals surface area contributed by atoms with Gasteiger partial charge >= 0.3 is 0 Å². The number of nitrogens with one attached hydrogen (secondary N) is 1. The molecule has 8 nitrogen and oxygen atoms in total. The number of tetrazole rings is 1. The number of hydrogen-bond acceptors (Lipinski definition) is 6. The highest BCUT2D eigenvalue weighted by molar-refractivity contribution is 7.99. The van der Waals surface area contributed by atoms with E-state index in [1.165, 1.54) is 31.5 Å². The van der Waals surface area contributed by atoms with Gasteiger partial charge < -0.3 is 10.2 Å². The Labute approximate surface area is 156 Å². The van der Waals surface area contributed by atoms with Gasteiger partial charge in [-0.3, -0.25) is 9.59 Å². The summed E-state index contributed by atoms with van der Waals surface area (Å²) in [6.07, 6.45) is 4.54. The molecule has 26 heavy (non-hydrogen) atoms. The summed E-state index contributed by atoms with van der Waals surface area (Å²) in [6, 6.07) is 7.25. The highest BCUT2D eigenvalue weighted by Gasteiger charge is 2.18. The molecule has 1 N–H and O–H groups in total. The van der Waals surface area contributed by atoms with Gasteiger partial charge in [0.25, 0.3) is 0 Å². The molecule has 1 fully saturated rings. The number of rotatable bonds is 5. The van der Waals surface area contributed by atoms with E-state index in [2.05, 4.69) is 20.8 Å². The molecule has 1 saturated heterocycles. The third-order valence-electron chi connectivity index (χ3n) is 4.14. The Balaban J connectivity index is 1.67. The van der Waals surface area contributed by atoms with Gasteiger partial charge in [0.1, 0.15) is 0 Å². The molecule has 1 aromatic heterocycles. The van der Waals surface area contributed by atoms with E-state index in [0.717, 1.165) is 31.6 Å². The monoisotopic (exact) mass is 374 g/mol. The summed E-state index contributed by atoms with van der Waals surface area (Å²) in [5.41, 5.74) is 1.40. The summed E-state index contributed by atoms with van der Waals surface area (Å²) in [5.74, 6) is 0.293. The van der Waals surface area contributed by atoms with Crippen molar-refractivity contribution in [3.8, 4) is 5.69 Å². The molecule has 0 aliphatic carbocycles. The fourth-order valence-electron chi connectivity index (χ4n) is 2.89. The van der Waals surface area contributed by atoms with E-state index in [0.29, 0.717) is 16.6 Å². The number of nitrogens with zero attached hydrogens (tertiary/aromatic N) is 5. The van der Waals surface area contributed by atoms with Gasteiger partial charge in [-0.1, -0.05) is 30.7 Å². The van der Waals surface area contributed by atoms with Crippen LogP contribution in [0.2, 0.25) is 0 Å². The molecule has 0 saturated carbocycles. The van der Waals surface area contributed by atoms with Crippen LogP contribution < -0.4 is 5.32 Å². The summed E-state index contributed by atoms with van der Waals surface area (Å²) in [4.78, 5) is 25.6. The van der Waals surface area contributed by atoms with Crippen molar-refractivity contribution in [2.75, 3.05) is 24.2 Å². The number of carbonyl (C=O) groups is 2. The Morgan fingerprint density at radius 3 is 2.69 bits per heavy atom. The molecule has 2 heterocycles. The second-order valence-electron chi connectivity index (χ2n) is 6.19. The predicted octanol–water partition coefficient (Wildman–Crippen LogP) is 2.12. The van der Waals surface area contributed by atoms with Crippen LogP contribution in [0.5, 0.6) is 0 Å². The Bertz CT molecular complexity index is 770. The molecule has 0 radical (unpaired) electrons. The first-order chi connectivity index (χ1) is 12.6. The first-order valence-electron chi connectivity index (χ1n) is 8.70. The van der Waals surface area contributed by atoms with Crippen molar-refractivity contribution in [2.24, 2.45) is 0 Å². The number of thioether (sulfide) groups is 1. The zero-order valence-electron chi connectivity index (χ0n) is 14.7. The van der Waals surface area contributed by atoms with Crippen LogP contribution in [-0.2, 0) is 9.59 Å². The van der Waals surface area contributed by atoms with Gasteiger partial charge in [-0.15, -0.1) is 5.10 Å². The van der Waals surface area contributed by atoms with Crippen molar-refractivity contribution < 1.29 is 9.59 Å². The molecule has 138 valence electrons. The van der Waals surface area contributed by atoms with Crippen molar-refractivity contribution in [1.29, 1.82) is 0 Å². The highest BCUT2D eigenvalue weighted by atomic mass is 32.2. The lowest BCUT2D eigenvalue weighted by molar-refractivity contribution is -0.128. The van der Waals surface area contributed by atoms with Gasteiger partial charge in [0.05, 0.1) is 11.4 Å². The van der Waals surface area contributed by atoms with Crippen molar-refractivity contribution in [1.82, 2.24) is 25.1 Å². The Hall–Kier alpha value is -2.42. The molecule has 1 aliphatic rings. The lowest BCUT2D eigenvalue weighted by atomic mass is 10.2. The van der Waals surface area contributed by atoms with Gasteiger partial charge in [0, 0.05) is 25.7 Å². The van der Waals surface area contributed by atoms with Crippen LogP contribution in [0.1, 0.15) is 32.6 Å². The molecular weight excluding hydrogens is 352 g/mol. The summed E-state index contributed by atoms with van der Waals surface area (Å²) >= 11 is 1.33. The van der Waals surface area contributed by atoms with Crippen LogP contribution in [0.15, 0.2) is 29.4 Å². The normalized spacial score (nSPS) is 14.7. The standard InChI is InChI=1S/C17H22N6O2S/c1-13(24)18-14-7-6-8-15(11-14)23-17(19-20-21-23)26-12-16(25)22-9-4-2-3-5-10-22/h6-8,11H,2-5,9-10,12H2,1H3,(H,18,24). The molecule has 2 amide bonds. The van der Waals surface area contributed by atoms with Crippen LogP contribution in [0.25, 0.3) is 5.69 Å². The van der Waals surface area contributed by atoms with Crippen LogP contribution in [0.4, 0.5) is 5.69 Å². The Kier molecular flexibility index (Phi) is 6.21. The maximum absolute atomic E-state index is 12.4. The number of aromatic nitrogens is 4. The molecule has 0 unspecified atom stereocenters. The number of anilines is 1. The van der Waals surface area contributed by atoms with Crippen LogP contribution >= 0.6 is 11.8 Å². The Morgan fingerprint density at radius 1 is 1.19 bits per heavy atom. The molecule has 0 bridgehead atoms. The van der Waals surface area contributed by atoms with Gasteiger partial charge in [-0.2, -0.15) is 4.68 Å². The van der Waals surface area contributed by atoms with E-state index < -0.39 is 0 Å². The third kappa shape index (κ3) is 4.81. The molecule has 2 aromatic rings. The summed E-state index contributed by atoms with van der Waals surface area (Å²) in [5, 5.41) is 15.0. The van der Waals surface area contributed by atoms with Gasteiger partial charge in [0.15, 0.2) is 0 Å². The number of benzene rings is 1. The van der Waals surface area contributed by atoms with E-state index in [-0.39, 0.29) is 11.8 Å². The van der Waals surface area contributed by atoms with Gasteiger partial charge in [0.2, 0.25) is 17.0 Å². The number of hydrogen-bond donors (Lipinski definition) is 1. The van der Waals surface area contributed by atoms with E-state index in [1.54, 1.807) is 16.8 Å². The van der Waals surface area contributed by atoms with Crippen molar-refractivity contribution >= 4 is 29.3 Å². The molecule has 1 aromatic carbocycles. The second-order valence-corrected chi connectivity index (χ2v) is 7.13. The molecule has 9 heteroatoms. The zero-order chi connectivity index (χ0) is 18.4. The number of carbonyl (C=O) groups excluding carboxylic acids is 2. The predicted molar refractivity (Wildman–Crippen MR) is 99.2 cm³/mol. The quantitative estimate of drug-likeness (QED) is 0.806. The minimum Gasteiger partial charge on any atom is -0.342 e. The summed E-state index contributed by atoms with van der Waals surface area (Å²) < 4.78 is 1.58. The zero-order valence-corrected chi connectivity index (χ0v) is 15.5. The van der Waals surface area contributed by atoms with E-state index in [9.17, 15) is 9.59 Å². The highest BCUT2D eigenvalue weighted by Crippen LogP contribution is 2.21. The fourth-order valence-corrected chi connectivity index (χ4v) is 3.68. The third-order valence-corrected chi connectivity index (χ3v) is 5.04. The Morgan fingerprint density at radius 2 is 1.96 bits per heavy atom. The SMILES string of the molecule is CC(=O)Nc1cccc(-n2nnnc2SCC(=O)N2CCCCCC2)c1. The first-order valence-corrected chi connectivity index (χ1v) is 9.69. The topological polar surface area (TPSA) is 93.0 Å². The van der Waals surface area contributed by atoms with E-state index >= 15 is 0 Å². The molecule has 3 rings (SSSR count). The maximum Gasteiger partial charge on any atom is 0.233 e. The smallest absolute Gasteiger partial charge is 0.233 e. The van der Waals surface area contributed by atoms with Crippen LogP contribution in [0, 0.1) is 0 Å². The maximum atomic E-state index is 12.4. The van der Waals surface area contributed by atoms with E-state index in [4.69, 9.17) is 0 Å². The number of likely N-dealkylation sites (tertiary alicyclic amines) is 1. The molecule has 1 aliphatic heterocycles. The summed E-state index contributed by atoms with van der Waals surface area (Å²) in [7, 11) is 0. The summed E-state index contributed by atoms with van der Waals surface area (Å²) in [6.45, 7) is 3.13. The molecule has 0 atom stereocenters. The van der Waals surface area contributed by atoms with Gasteiger partial charge in [-0.05, 0) is 41.5 Å². The number of amides is 2. The average Bonchev–Trinajstić information content (AvgIpc) is 2.92. The van der Waals surface area contributed by atoms with Crippen molar-refractivity contribution in [3.05, 3.63) is 24.3 Å². The van der Waals surface area contributed by atoms with Crippen molar-refractivity contribution in [2.45, 2.75) is 37.8 Å². The minimum atomic E-state index is -0.142. The second kappa shape index (κ2) is 8.79. The lowest BCUT2D eigenvalue weighted by Crippen LogP contribution is -2.33. The van der Waals surface area contributed by atoms with Gasteiger partial charge in [-0.25, -0.2) is 0 Å². The van der Waals surface area contributed by atoms with Crippen molar-refractivity contribution in [3.63, 3.8) is 0 Å². The lowest BCUT2D eigenvalue weighted by Gasteiger charge is -2.19. The van der Waals surface area contributed by atoms with Crippen LogP contribution in [0.3, 0.4) is 0 Å². The average molecular weight is 374 g/mol. The minimum absolute atomic E-state index is 0.124. The largest absolute Gasteiger partial charge is 0.342 e. The van der Waals surface area contributed by atoms with E-state index in [1.807, 2.05) is 17.0 Å². The molecular formula is C17H22N6O2S. The first kappa shape index (κ1) is 18.4. The molecule has 0 spiro atoms. The van der Waals surface area contributed by atoms with Crippen LogP contribution in [-0.4, -0.2) is 55.8 Å².